The summed E-state index contributed by atoms with van der Waals surface area (Å²) < 4.78 is 17.8. The van der Waals surface area contributed by atoms with Crippen LogP contribution >= 0.6 is 0 Å². The number of hydrogen-bond donors (Lipinski definition) is 0. The number of ether oxygens (including phenoxy) is 1. The molecule has 0 amide bonds. The zero-order valence-electron chi connectivity index (χ0n) is 10.3. The maximum Gasteiger partial charge on any atom is 0.126 e. The third-order valence-electron chi connectivity index (χ3n) is 1.82. The number of methoxy groups -OCH3 is 1. The first kappa shape index (κ1) is 13.9. The van der Waals surface area contributed by atoms with Gasteiger partial charge >= 0.3 is 0 Å². The summed E-state index contributed by atoms with van der Waals surface area (Å²) >= 11 is 0. The molecule has 0 aliphatic heterocycles. The zero-order valence-corrected chi connectivity index (χ0v) is 10.3. The smallest absolute Gasteiger partial charge is 0.126 e. The van der Waals surface area contributed by atoms with Crippen molar-refractivity contribution < 1.29 is 9.13 Å². The lowest BCUT2D eigenvalue weighted by Gasteiger charge is -2.10. The monoisotopic (exact) mass is 212 g/mol. The lowest BCUT2D eigenvalue weighted by molar-refractivity contribution is 0.404. The number of rotatable bonds is 2. The normalized spacial score (nSPS) is 9.53. The Labute approximate surface area is 92.3 Å². The summed E-state index contributed by atoms with van der Waals surface area (Å²) in [7, 11) is 1.56. The van der Waals surface area contributed by atoms with Crippen LogP contribution in [0, 0.1) is 5.82 Å². The second-order valence-electron chi connectivity index (χ2n) is 3.75. The Balaban J connectivity index is 0.000000583. The summed E-state index contributed by atoms with van der Waals surface area (Å²) in [4.78, 5) is 0. The summed E-state index contributed by atoms with van der Waals surface area (Å²) in [5, 5.41) is 0. The topological polar surface area (TPSA) is 9.23 Å². The van der Waals surface area contributed by atoms with E-state index in [9.17, 15) is 4.39 Å². The molecule has 2 heteroatoms. The largest absolute Gasteiger partial charge is 0.496 e. The Morgan fingerprint density at radius 2 is 1.80 bits per heavy atom. The Bertz CT molecular complexity index is 282. The minimum absolute atomic E-state index is 0.253. The van der Waals surface area contributed by atoms with E-state index in [2.05, 4.69) is 27.7 Å². The molecule has 0 N–H and O–H groups in total. The van der Waals surface area contributed by atoms with Gasteiger partial charge in [0.15, 0.2) is 0 Å². The van der Waals surface area contributed by atoms with Crippen LogP contribution in [-0.2, 0) is 0 Å². The zero-order chi connectivity index (χ0) is 11.8. The Morgan fingerprint density at radius 3 is 2.20 bits per heavy atom. The molecule has 0 fully saturated rings. The van der Waals surface area contributed by atoms with Gasteiger partial charge in [0.2, 0.25) is 0 Å². The highest BCUT2D eigenvalue weighted by Crippen LogP contribution is 2.26. The molecule has 15 heavy (non-hydrogen) atoms. The van der Waals surface area contributed by atoms with Crippen molar-refractivity contribution in [3.63, 3.8) is 0 Å². The molecule has 86 valence electrons. The van der Waals surface area contributed by atoms with Crippen molar-refractivity contribution in [2.24, 2.45) is 0 Å². The van der Waals surface area contributed by atoms with Gasteiger partial charge in [0.25, 0.3) is 0 Å². The average Bonchev–Trinajstić information content (AvgIpc) is 2.18. The van der Waals surface area contributed by atoms with E-state index in [0.29, 0.717) is 11.7 Å². The molecule has 1 nitrogen and oxygen atoms in total. The van der Waals surface area contributed by atoms with Crippen molar-refractivity contribution in [1.29, 1.82) is 0 Å². The molecule has 0 aromatic heterocycles. The SMILES string of the molecule is CCC.COc1cc(F)ccc1C(C)C. The van der Waals surface area contributed by atoms with Gasteiger partial charge < -0.3 is 4.74 Å². The summed E-state index contributed by atoms with van der Waals surface area (Å²) in [6.45, 7) is 8.35. The molecule has 0 heterocycles. The van der Waals surface area contributed by atoms with Crippen LogP contribution in [0.3, 0.4) is 0 Å². The van der Waals surface area contributed by atoms with Gasteiger partial charge in [-0.25, -0.2) is 4.39 Å². The number of hydrogen-bond acceptors (Lipinski definition) is 1. The van der Waals surface area contributed by atoms with E-state index >= 15 is 0 Å². The molecule has 1 aromatic rings. The van der Waals surface area contributed by atoms with Crippen molar-refractivity contribution in [3.05, 3.63) is 29.6 Å². The fourth-order valence-corrected chi connectivity index (χ4v) is 1.16. The van der Waals surface area contributed by atoms with Crippen LogP contribution in [0.15, 0.2) is 18.2 Å². The summed E-state index contributed by atoms with van der Waals surface area (Å²) in [6.07, 6.45) is 1.25. The van der Waals surface area contributed by atoms with E-state index in [4.69, 9.17) is 4.74 Å². The molecule has 0 aliphatic carbocycles. The molecular formula is C13H21FO. The summed E-state index contributed by atoms with van der Waals surface area (Å²) in [5.41, 5.74) is 1.04. The number of halogens is 1. The van der Waals surface area contributed by atoms with Crippen LogP contribution < -0.4 is 4.74 Å². The van der Waals surface area contributed by atoms with Crippen LogP contribution in [0.5, 0.6) is 5.75 Å². The van der Waals surface area contributed by atoms with Crippen molar-refractivity contribution in [2.45, 2.75) is 40.0 Å². The summed E-state index contributed by atoms with van der Waals surface area (Å²) in [6, 6.07) is 4.63. The van der Waals surface area contributed by atoms with E-state index in [1.807, 2.05) is 0 Å². The van der Waals surface area contributed by atoms with E-state index in [-0.39, 0.29) is 5.82 Å². The first-order valence-corrected chi connectivity index (χ1v) is 5.40. The molecule has 0 unspecified atom stereocenters. The predicted octanol–water partition coefficient (Wildman–Crippen LogP) is 4.37. The number of benzene rings is 1. The average molecular weight is 212 g/mol. The third kappa shape index (κ3) is 4.82. The Hall–Kier alpha value is -1.05. The van der Waals surface area contributed by atoms with Gasteiger partial charge in [-0.3, -0.25) is 0 Å². The van der Waals surface area contributed by atoms with Gasteiger partial charge in [0.05, 0.1) is 7.11 Å². The molecular weight excluding hydrogens is 191 g/mol. The van der Waals surface area contributed by atoms with E-state index < -0.39 is 0 Å². The molecule has 0 radical (unpaired) electrons. The van der Waals surface area contributed by atoms with Crippen molar-refractivity contribution in [2.75, 3.05) is 7.11 Å². The Morgan fingerprint density at radius 1 is 1.27 bits per heavy atom. The molecule has 0 spiro atoms. The van der Waals surface area contributed by atoms with Crippen LogP contribution in [0.25, 0.3) is 0 Å². The minimum Gasteiger partial charge on any atom is -0.496 e. The van der Waals surface area contributed by atoms with Gasteiger partial charge in [0.1, 0.15) is 11.6 Å². The lowest BCUT2D eigenvalue weighted by Crippen LogP contribution is -1.94. The first-order chi connectivity index (χ1) is 7.06. The van der Waals surface area contributed by atoms with Gasteiger partial charge in [0, 0.05) is 6.07 Å². The van der Waals surface area contributed by atoms with Crippen molar-refractivity contribution >= 4 is 0 Å². The fourth-order valence-electron chi connectivity index (χ4n) is 1.16. The maximum atomic E-state index is 12.7. The second-order valence-corrected chi connectivity index (χ2v) is 3.75. The highest BCUT2D eigenvalue weighted by molar-refractivity contribution is 5.36. The molecule has 1 rings (SSSR count). The third-order valence-corrected chi connectivity index (χ3v) is 1.82. The fraction of sp³-hybridized carbons (Fsp3) is 0.538. The van der Waals surface area contributed by atoms with Gasteiger partial charge in [-0.15, -0.1) is 0 Å². The minimum atomic E-state index is -0.253. The molecule has 1 aromatic carbocycles. The lowest BCUT2D eigenvalue weighted by atomic mass is 10.0. The predicted molar refractivity (Wildman–Crippen MR) is 63.0 cm³/mol. The van der Waals surface area contributed by atoms with E-state index in [0.717, 1.165) is 5.56 Å². The van der Waals surface area contributed by atoms with Crippen molar-refractivity contribution in [1.82, 2.24) is 0 Å². The van der Waals surface area contributed by atoms with Gasteiger partial charge in [-0.1, -0.05) is 40.2 Å². The van der Waals surface area contributed by atoms with E-state index in [1.54, 1.807) is 13.2 Å². The highest BCUT2D eigenvalue weighted by atomic mass is 19.1. The molecule has 0 saturated heterocycles. The highest BCUT2D eigenvalue weighted by Gasteiger charge is 2.07. The van der Waals surface area contributed by atoms with Crippen LogP contribution in [0.1, 0.15) is 45.6 Å². The second kappa shape index (κ2) is 7.27. The van der Waals surface area contributed by atoms with Crippen molar-refractivity contribution in [3.8, 4) is 5.75 Å². The molecule has 0 saturated carbocycles. The quantitative estimate of drug-likeness (QED) is 0.707. The van der Waals surface area contributed by atoms with Crippen LogP contribution in [0.4, 0.5) is 4.39 Å². The first-order valence-electron chi connectivity index (χ1n) is 5.40. The maximum absolute atomic E-state index is 12.7. The summed E-state index contributed by atoms with van der Waals surface area (Å²) in [5.74, 6) is 0.738. The van der Waals surface area contributed by atoms with Gasteiger partial charge in [-0.2, -0.15) is 0 Å². The molecule has 0 bridgehead atoms. The molecule has 0 atom stereocenters. The van der Waals surface area contributed by atoms with E-state index in [1.165, 1.54) is 18.6 Å². The molecule has 0 aliphatic rings. The van der Waals surface area contributed by atoms with Gasteiger partial charge in [-0.05, 0) is 17.5 Å². The van der Waals surface area contributed by atoms with Crippen LogP contribution in [0.2, 0.25) is 0 Å². The standard InChI is InChI=1S/C10H13FO.C3H8/c1-7(2)9-5-4-8(11)6-10(9)12-3;1-3-2/h4-7H,1-3H3;3H2,1-2H3. The van der Waals surface area contributed by atoms with Crippen LogP contribution in [-0.4, -0.2) is 7.11 Å². The Kier molecular flexibility index (Phi) is 6.76.